The number of sulfonamides is 1. The summed E-state index contributed by atoms with van der Waals surface area (Å²) in [5.74, 6) is 0.815. The van der Waals surface area contributed by atoms with Crippen LogP contribution < -0.4 is 23.8 Å². The molecule has 0 unspecified atom stereocenters. The van der Waals surface area contributed by atoms with Crippen LogP contribution in [0.1, 0.15) is 0 Å². The number of anilines is 2. The predicted molar refractivity (Wildman–Crippen MR) is 101 cm³/mol. The first kappa shape index (κ1) is 18.8. The molecule has 0 radical (unpaired) electrons. The van der Waals surface area contributed by atoms with Crippen molar-refractivity contribution in [3.63, 3.8) is 0 Å². The molecule has 0 saturated carbocycles. The molecule has 0 bridgehead atoms. The van der Waals surface area contributed by atoms with E-state index in [9.17, 15) is 13.2 Å². The van der Waals surface area contributed by atoms with E-state index >= 15 is 0 Å². The summed E-state index contributed by atoms with van der Waals surface area (Å²) in [5, 5.41) is 2.72. The van der Waals surface area contributed by atoms with Gasteiger partial charge in [-0.15, -0.1) is 0 Å². The summed E-state index contributed by atoms with van der Waals surface area (Å²) in [6.07, 6.45) is 0.0698. The van der Waals surface area contributed by atoms with Crippen LogP contribution in [-0.4, -0.2) is 47.4 Å². The molecule has 0 saturated heterocycles. The lowest BCUT2D eigenvalue weighted by Crippen LogP contribution is -2.48. The molecule has 1 aliphatic rings. The van der Waals surface area contributed by atoms with Gasteiger partial charge in [0.05, 0.1) is 38.4 Å². The number of hydrogen-bond acceptors (Lipinski definition) is 6. The van der Waals surface area contributed by atoms with Crippen molar-refractivity contribution in [1.29, 1.82) is 0 Å². The van der Waals surface area contributed by atoms with Crippen molar-refractivity contribution in [3.8, 4) is 17.2 Å². The Hall–Kier alpha value is -2.94. The second-order valence-electron chi connectivity index (χ2n) is 5.92. The summed E-state index contributed by atoms with van der Waals surface area (Å²) in [7, 11) is -0.579. The topological polar surface area (TPSA) is 94.2 Å². The normalized spacial score (nSPS) is 16.1. The predicted octanol–water partition coefficient (Wildman–Crippen LogP) is 1.87. The highest BCUT2D eigenvalue weighted by Gasteiger charge is 2.35. The molecule has 1 atom stereocenters. The molecule has 144 valence electrons. The number of para-hydroxylation sites is 2. The highest BCUT2D eigenvalue weighted by atomic mass is 32.2. The van der Waals surface area contributed by atoms with E-state index in [0.29, 0.717) is 28.6 Å². The number of hydrogen-bond donors (Lipinski definition) is 1. The third-order valence-electron chi connectivity index (χ3n) is 4.09. The number of carbonyl (C=O) groups is 1. The lowest BCUT2D eigenvalue weighted by atomic mass is 10.2. The molecule has 0 aromatic heterocycles. The molecule has 0 aliphatic carbocycles. The second kappa shape index (κ2) is 7.36. The van der Waals surface area contributed by atoms with Crippen LogP contribution in [-0.2, 0) is 14.8 Å². The van der Waals surface area contributed by atoms with Crippen molar-refractivity contribution >= 4 is 27.3 Å². The summed E-state index contributed by atoms with van der Waals surface area (Å²) in [4.78, 5) is 12.8. The Balaban J connectivity index is 1.88. The maximum absolute atomic E-state index is 12.8. The summed E-state index contributed by atoms with van der Waals surface area (Å²) in [5.41, 5.74) is 0.804. The third-order valence-corrected chi connectivity index (χ3v) is 5.24. The van der Waals surface area contributed by atoms with Crippen molar-refractivity contribution in [2.75, 3.05) is 36.6 Å². The maximum Gasteiger partial charge on any atom is 0.267 e. The zero-order chi connectivity index (χ0) is 19.6. The van der Waals surface area contributed by atoms with Gasteiger partial charge in [0.1, 0.15) is 17.2 Å². The first-order valence-electron chi connectivity index (χ1n) is 8.09. The van der Waals surface area contributed by atoms with Gasteiger partial charge in [-0.2, -0.15) is 0 Å². The molecule has 27 heavy (non-hydrogen) atoms. The number of carbonyl (C=O) groups excluding carboxylic acids is 1. The van der Waals surface area contributed by atoms with Gasteiger partial charge in [0.2, 0.25) is 10.0 Å². The molecular weight excluding hydrogens is 372 g/mol. The monoisotopic (exact) mass is 392 g/mol. The molecule has 1 heterocycles. The molecule has 0 spiro atoms. The Bertz CT molecular complexity index is 960. The molecule has 1 N–H and O–H groups in total. The number of amides is 1. The Kier molecular flexibility index (Phi) is 5.13. The minimum atomic E-state index is -3.57. The number of nitrogens with one attached hydrogen (secondary N) is 1. The van der Waals surface area contributed by atoms with Gasteiger partial charge in [-0.3, -0.25) is 9.10 Å². The van der Waals surface area contributed by atoms with Crippen LogP contribution in [0, 0.1) is 0 Å². The molecule has 1 amide bonds. The molecule has 8 nitrogen and oxygen atoms in total. The molecule has 2 aromatic rings. The van der Waals surface area contributed by atoms with E-state index in [2.05, 4.69) is 5.32 Å². The zero-order valence-corrected chi connectivity index (χ0v) is 15.9. The molecule has 9 heteroatoms. The molecule has 1 aliphatic heterocycles. The van der Waals surface area contributed by atoms with Gasteiger partial charge in [-0.05, 0) is 24.3 Å². The summed E-state index contributed by atoms with van der Waals surface area (Å²) < 4.78 is 41.6. The van der Waals surface area contributed by atoms with E-state index in [1.165, 1.54) is 18.5 Å². The highest BCUT2D eigenvalue weighted by Crippen LogP contribution is 2.35. The number of methoxy groups -OCH3 is 2. The zero-order valence-electron chi connectivity index (χ0n) is 15.1. The van der Waals surface area contributed by atoms with Gasteiger partial charge in [0.25, 0.3) is 5.91 Å². The van der Waals surface area contributed by atoms with E-state index < -0.39 is 22.0 Å². The van der Waals surface area contributed by atoms with Crippen molar-refractivity contribution in [1.82, 2.24) is 0 Å². The van der Waals surface area contributed by atoms with Crippen molar-refractivity contribution in [2.24, 2.45) is 0 Å². The summed E-state index contributed by atoms with van der Waals surface area (Å²) in [6, 6.07) is 11.7. The van der Waals surface area contributed by atoms with Crippen molar-refractivity contribution in [2.45, 2.75) is 6.10 Å². The van der Waals surface area contributed by atoms with Gasteiger partial charge in [-0.25, -0.2) is 8.42 Å². The van der Waals surface area contributed by atoms with Gasteiger partial charge in [0.15, 0.2) is 6.10 Å². The number of nitrogens with zero attached hydrogens (tertiary/aromatic N) is 1. The summed E-state index contributed by atoms with van der Waals surface area (Å²) in [6.45, 7) is -0.131. The minimum absolute atomic E-state index is 0.131. The first-order valence-corrected chi connectivity index (χ1v) is 9.94. The van der Waals surface area contributed by atoms with E-state index in [0.717, 1.165) is 6.26 Å². The standard InChI is InChI=1S/C18H20N2O6S/c1-24-12-8-9-15(25-2)13(10-12)19-18(21)17-11-20(27(3,22)23)14-6-4-5-7-16(14)26-17/h4-10,17H,11H2,1-3H3,(H,19,21)/t17-/m1/s1. The maximum atomic E-state index is 12.8. The lowest BCUT2D eigenvalue weighted by Gasteiger charge is -2.33. The molecule has 3 rings (SSSR count). The Labute approximate surface area is 157 Å². The van der Waals surface area contributed by atoms with Crippen LogP contribution in [0.3, 0.4) is 0 Å². The van der Waals surface area contributed by atoms with Crippen LogP contribution in [0.25, 0.3) is 0 Å². The lowest BCUT2D eigenvalue weighted by molar-refractivity contribution is -0.122. The van der Waals surface area contributed by atoms with Crippen LogP contribution in [0.4, 0.5) is 11.4 Å². The van der Waals surface area contributed by atoms with Gasteiger partial charge < -0.3 is 19.5 Å². The fraction of sp³-hybridized carbons (Fsp3) is 0.278. The van der Waals surface area contributed by atoms with Crippen molar-refractivity contribution < 1.29 is 27.4 Å². The fourth-order valence-corrected chi connectivity index (χ4v) is 3.69. The van der Waals surface area contributed by atoms with E-state index in [4.69, 9.17) is 14.2 Å². The highest BCUT2D eigenvalue weighted by molar-refractivity contribution is 7.92. The minimum Gasteiger partial charge on any atom is -0.497 e. The number of benzene rings is 2. The quantitative estimate of drug-likeness (QED) is 0.835. The fourth-order valence-electron chi connectivity index (χ4n) is 2.78. The van der Waals surface area contributed by atoms with Gasteiger partial charge in [0, 0.05) is 6.07 Å². The molecular formula is C18H20N2O6S. The van der Waals surface area contributed by atoms with Crippen LogP contribution in [0.5, 0.6) is 17.2 Å². The van der Waals surface area contributed by atoms with E-state index in [1.807, 2.05) is 0 Å². The number of fused-ring (bicyclic) bond motifs is 1. The molecule has 2 aromatic carbocycles. The SMILES string of the molecule is COc1ccc(OC)c(NC(=O)[C@H]2CN(S(C)(=O)=O)c3ccccc3O2)c1. The Morgan fingerprint density at radius 1 is 1.19 bits per heavy atom. The van der Waals surface area contributed by atoms with Gasteiger partial charge in [-0.1, -0.05) is 12.1 Å². The number of ether oxygens (including phenoxy) is 3. The van der Waals surface area contributed by atoms with E-state index in [-0.39, 0.29) is 6.54 Å². The first-order chi connectivity index (χ1) is 12.8. The average molecular weight is 392 g/mol. The molecule has 0 fully saturated rings. The van der Waals surface area contributed by atoms with Crippen LogP contribution in [0.15, 0.2) is 42.5 Å². The average Bonchev–Trinajstić information content (AvgIpc) is 2.66. The largest absolute Gasteiger partial charge is 0.497 e. The van der Waals surface area contributed by atoms with Crippen molar-refractivity contribution in [3.05, 3.63) is 42.5 Å². The Morgan fingerprint density at radius 2 is 1.93 bits per heavy atom. The van der Waals surface area contributed by atoms with Gasteiger partial charge >= 0.3 is 0 Å². The third kappa shape index (κ3) is 3.92. The summed E-state index contributed by atoms with van der Waals surface area (Å²) >= 11 is 0. The Morgan fingerprint density at radius 3 is 2.59 bits per heavy atom. The number of rotatable bonds is 5. The second-order valence-corrected chi connectivity index (χ2v) is 7.83. The van der Waals surface area contributed by atoms with Crippen LogP contribution in [0.2, 0.25) is 0 Å². The smallest absolute Gasteiger partial charge is 0.267 e. The van der Waals surface area contributed by atoms with Crippen LogP contribution >= 0.6 is 0 Å². The van der Waals surface area contributed by atoms with E-state index in [1.54, 1.807) is 42.5 Å².